The highest BCUT2D eigenvalue weighted by Gasteiger charge is 2.31. The van der Waals surface area contributed by atoms with Gasteiger partial charge in [0, 0.05) is 20.2 Å². The molecular formula is C16H19F3N2O2. The molecule has 0 N–H and O–H groups in total. The number of hydrogen-bond donors (Lipinski definition) is 0. The van der Waals surface area contributed by atoms with Crippen molar-refractivity contribution >= 4 is 5.69 Å². The maximum Gasteiger partial charge on any atom is 0.416 e. The van der Waals surface area contributed by atoms with Gasteiger partial charge in [-0.1, -0.05) is 0 Å². The van der Waals surface area contributed by atoms with E-state index in [0.29, 0.717) is 32.0 Å². The number of halogens is 3. The molecule has 2 rings (SSSR count). The molecule has 0 radical (unpaired) electrons. The van der Waals surface area contributed by atoms with Gasteiger partial charge in [0.2, 0.25) is 0 Å². The Kier molecular flexibility index (Phi) is 5.85. The van der Waals surface area contributed by atoms with Gasteiger partial charge >= 0.3 is 6.18 Å². The summed E-state index contributed by atoms with van der Waals surface area (Å²) in [6.45, 7) is 2.37. The van der Waals surface area contributed by atoms with Crippen molar-refractivity contribution in [3.05, 3.63) is 29.3 Å². The summed E-state index contributed by atoms with van der Waals surface area (Å²) in [4.78, 5) is 1.94. The molecule has 0 bridgehead atoms. The normalized spacial score (nSPS) is 16.4. The zero-order valence-corrected chi connectivity index (χ0v) is 12.9. The van der Waals surface area contributed by atoms with Gasteiger partial charge in [-0.25, -0.2) is 0 Å². The maximum absolute atomic E-state index is 12.7. The summed E-state index contributed by atoms with van der Waals surface area (Å²) in [6, 6.07) is 5.19. The zero-order valence-electron chi connectivity index (χ0n) is 12.9. The molecular weight excluding hydrogens is 309 g/mol. The number of alkyl halides is 3. The lowest BCUT2D eigenvalue weighted by atomic mass is 10.0. The Morgan fingerprint density at radius 2 is 1.96 bits per heavy atom. The van der Waals surface area contributed by atoms with Crippen LogP contribution in [0.3, 0.4) is 0 Å². The Morgan fingerprint density at radius 1 is 1.26 bits per heavy atom. The Hall–Kier alpha value is -1.78. The Bertz CT molecular complexity index is 561. The molecule has 1 aliphatic rings. The van der Waals surface area contributed by atoms with Crippen LogP contribution in [0.2, 0.25) is 0 Å². The summed E-state index contributed by atoms with van der Waals surface area (Å²) in [5.74, 6) is 0. The molecule has 0 aliphatic carbocycles. The van der Waals surface area contributed by atoms with E-state index in [1.807, 2.05) is 11.0 Å². The number of ether oxygens (including phenoxy) is 2. The van der Waals surface area contributed by atoms with Crippen molar-refractivity contribution in [2.24, 2.45) is 0 Å². The van der Waals surface area contributed by atoms with E-state index in [-0.39, 0.29) is 11.7 Å². The lowest BCUT2D eigenvalue weighted by Gasteiger charge is -2.34. The molecule has 0 unspecified atom stereocenters. The number of rotatable bonds is 5. The summed E-state index contributed by atoms with van der Waals surface area (Å²) >= 11 is 0. The van der Waals surface area contributed by atoms with Crippen LogP contribution in [0, 0.1) is 11.3 Å². The summed E-state index contributed by atoms with van der Waals surface area (Å²) in [5, 5.41) is 9.15. The molecule has 0 atom stereocenters. The second-order valence-electron chi connectivity index (χ2n) is 5.39. The van der Waals surface area contributed by atoms with Gasteiger partial charge in [-0.3, -0.25) is 0 Å². The van der Waals surface area contributed by atoms with Crippen LogP contribution in [0.5, 0.6) is 0 Å². The van der Waals surface area contributed by atoms with Crippen molar-refractivity contribution in [1.29, 1.82) is 5.26 Å². The first-order valence-corrected chi connectivity index (χ1v) is 7.42. The number of nitriles is 1. The largest absolute Gasteiger partial charge is 0.416 e. The smallest absolute Gasteiger partial charge is 0.382 e. The predicted molar refractivity (Wildman–Crippen MR) is 79.2 cm³/mol. The van der Waals surface area contributed by atoms with Crippen LogP contribution < -0.4 is 4.90 Å². The van der Waals surface area contributed by atoms with Crippen LogP contribution >= 0.6 is 0 Å². The fraction of sp³-hybridized carbons (Fsp3) is 0.562. The molecule has 1 heterocycles. The molecule has 0 amide bonds. The molecule has 0 spiro atoms. The standard InChI is InChI=1S/C16H19F3N2O2/c1-22-8-9-23-14-4-6-21(7-5-14)15-3-2-13(16(17,18)19)10-12(15)11-20/h2-3,10,14H,4-9H2,1H3. The molecule has 1 aliphatic heterocycles. The van der Waals surface area contributed by atoms with Crippen LogP contribution in [0.1, 0.15) is 24.0 Å². The van der Waals surface area contributed by atoms with E-state index >= 15 is 0 Å². The molecule has 1 aromatic rings. The van der Waals surface area contributed by atoms with Gasteiger partial charge in [-0.2, -0.15) is 18.4 Å². The second-order valence-corrected chi connectivity index (χ2v) is 5.39. The van der Waals surface area contributed by atoms with Gasteiger partial charge in [-0.05, 0) is 31.0 Å². The van der Waals surface area contributed by atoms with E-state index in [1.165, 1.54) is 6.07 Å². The lowest BCUT2D eigenvalue weighted by molar-refractivity contribution is -0.137. The fourth-order valence-electron chi connectivity index (χ4n) is 2.64. The average Bonchev–Trinajstić information content (AvgIpc) is 2.54. The van der Waals surface area contributed by atoms with Crippen molar-refractivity contribution in [3.8, 4) is 6.07 Å². The van der Waals surface area contributed by atoms with Crippen molar-refractivity contribution in [2.45, 2.75) is 25.1 Å². The quantitative estimate of drug-likeness (QED) is 0.779. The number of anilines is 1. The highest BCUT2D eigenvalue weighted by molar-refractivity contribution is 5.61. The predicted octanol–water partition coefficient (Wildman–Crippen LogP) is 3.21. The van der Waals surface area contributed by atoms with Gasteiger partial charge in [0.1, 0.15) is 6.07 Å². The lowest BCUT2D eigenvalue weighted by Crippen LogP contribution is -2.37. The third kappa shape index (κ3) is 4.60. The molecule has 7 heteroatoms. The highest BCUT2D eigenvalue weighted by Crippen LogP contribution is 2.33. The zero-order chi connectivity index (χ0) is 16.9. The monoisotopic (exact) mass is 328 g/mol. The molecule has 1 fully saturated rings. The van der Waals surface area contributed by atoms with Gasteiger partial charge in [0.25, 0.3) is 0 Å². The number of methoxy groups -OCH3 is 1. The van der Waals surface area contributed by atoms with Crippen molar-refractivity contribution < 1.29 is 22.6 Å². The molecule has 23 heavy (non-hydrogen) atoms. The van der Waals surface area contributed by atoms with Gasteiger partial charge in [0.05, 0.1) is 36.1 Å². The average molecular weight is 328 g/mol. The molecule has 4 nitrogen and oxygen atoms in total. The van der Waals surface area contributed by atoms with Gasteiger partial charge in [-0.15, -0.1) is 0 Å². The van der Waals surface area contributed by atoms with E-state index < -0.39 is 11.7 Å². The van der Waals surface area contributed by atoms with Gasteiger partial charge in [0.15, 0.2) is 0 Å². The Labute approximate surface area is 133 Å². The van der Waals surface area contributed by atoms with Crippen molar-refractivity contribution in [1.82, 2.24) is 0 Å². The first-order chi connectivity index (χ1) is 11.0. The molecule has 126 valence electrons. The third-order valence-corrected chi connectivity index (χ3v) is 3.87. The fourth-order valence-corrected chi connectivity index (χ4v) is 2.64. The van der Waals surface area contributed by atoms with E-state index in [9.17, 15) is 13.2 Å². The number of benzene rings is 1. The highest BCUT2D eigenvalue weighted by atomic mass is 19.4. The Morgan fingerprint density at radius 3 is 2.52 bits per heavy atom. The van der Waals surface area contributed by atoms with Crippen LogP contribution in [0.15, 0.2) is 18.2 Å². The topological polar surface area (TPSA) is 45.5 Å². The van der Waals surface area contributed by atoms with E-state index in [1.54, 1.807) is 7.11 Å². The number of nitrogens with zero attached hydrogens (tertiary/aromatic N) is 2. The van der Waals surface area contributed by atoms with E-state index in [0.717, 1.165) is 25.0 Å². The van der Waals surface area contributed by atoms with Crippen LogP contribution in [0.4, 0.5) is 18.9 Å². The minimum atomic E-state index is -4.44. The van der Waals surface area contributed by atoms with Crippen molar-refractivity contribution in [3.63, 3.8) is 0 Å². The first kappa shape index (κ1) is 17.6. The molecule has 0 aromatic heterocycles. The van der Waals surface area contributed by atoms with Crippen molar-refractivity contribution in [2.75, 3.05) is 38.3 Å². The van der Waals surface area contributed by atoms with E-state index in [2.05, 4.69) is 0 Å². The first-order valence-electron chi connectivity index (χ1n) is 7.42. The minimum absolute atomic E-state index is 0.0542. The summed E-state index contributed by atoms with van der Waals surface area (Å²) in [6.07, 6.45) is -2.77. The third-order valence-electron chi connectivity index (χ3n) is 3.87. The molecule has 1 saturated heterocycles. The second kappa shape index (κ2) is 7.66. The summed E-state index contributed by atoms with van der Waals surface area (Å²) < 4.78 is 48.8. The van der Waals surface area contributed by atoms with Gasteiger partial charge < -0.3 is 14.4 Å². The summed E-state index contributed by atoms with van der Waals surface area (Å²) in [7, 11) is 1.61. The van der Waals surface area contributed by atoms with Crippen LogP contribution in [-0.4, -0.2) is 39.5 Å². The SMILES string of the molecule is COCCOC1CCN(c2ccc(C(F)(F)F)cc2C#N)CC1. The molecule has 1 aromatic carbocycles. The number of piperidine rings is 1. The minimum Gasteiger partial charge on any atom is -0.382 e. The number of hydrogen-bond acceptors (Lipinski definition) is 4. The van der Waals surface area contributed by atoms with Crippen LogP contribution in [-0.2, 0) is 15.7 Å². The van der Waals surface area contributed by atoms with E-state index in [4.69, 9.17) is 14.7 Å². The Balaban J connectivity index is 2.02. The van der Waals surface area contributed by atoms with Crippen LogP contribution in [0.25, 0.3) is 0 Å². The molecule has 0 saturated carbocycles. The maximum atomic E-state index is 12.7. The summed E-state index contributed by atoms with van der Waals surface area (Å²) in [5.41, 5.74) is -0.190.